The molecule has 2 aromatic rings. The molecular weight excluding hydrogens is 436 g/mol. The van der Waals surface area contributed by atoms with Crippen molar-refractivity contribution in [3.05, 3.63) is 60.2 Å². The van der Waals surface area contributed by atoms with Crippen molar-refractivity contribution >= 4 is 44.5 Å². The Bertz CT molecular complexity index is 1070. The zero-order chi connectivity index (χ0) is 22.4. The number of rotatable bonds is 7. The second-order valence-corrected chi connectivity index (χ2v) is 9.64. The van der Waals surface area contributed by atoms with Gasteiger partial charge in [0.1, 0.15) is 5.25 Å². The van der Waals surface area contributed by atoms with Gasteiger partial charge in [0, 0.05) is 25.2 Å². The van der Waals surface area contributed by atoms with E-state index < -0.39 is 15.3 Å². The molecule has 0 aliphatic carbocycles. The molecule has 1 atom stereocenters. The standard InChI is InChI=1S/C21H24N4O4S2/c1-2-23-21-25(13-12-15-8-10-17(11-9-15)31(22,28)29)19(26)14-18(30-21)20(27)24-16-6-4-3-5-7-16/h3-11,18H,2,12-14H2,1H3,(H,24,27)(H2,22,28,29)/t18-/m0/s1. The van der Waals surface area contributed by atoms with Gasteiger partial charge < -0.3 is 5.32 Å². The van der Waals surface area contributed by atoms with Crippen LogP contribution in [0.4, 0.5) is 5.69 Å². The third-order valence-electron chi connectivity index (χ3n) is 4.64. The van der Waals surface area contributed by atoms with E-state index in [1.54, 1.807) is 29.2 Å². The Morgan fingerprint density at radius 1 is 1.19 bits per heavy atom. The van der Waals surface area contributed by atoms with E-state index in [-0.39, 0.29) is 23.1 Å². The summed E-state index contributed by atoms with van der Waals surface area (Å²) in [5.41, 5.74) is 1.55. The van der Waals surface area contributed by atoms with Crippen molar-refractivity contribution in [3.63, 3.8) is 0 Å². The van der Waals surface area contributed by atoms with Gasteiger partial charge >= 0.3 is 0 Å². The minimum absolute atomic E-state index is 0.0429. The first-order valence-electron chi connectivity index (χ1n) is 9.77. The minimum Gasteiger partial charge on any atom is -0.325 e. The number of para-hydroxylation sites is 1. The van der Waals surface area contributed by atoms with Crippen LogP contribution in [0.3, 0.4) is 0 Å². The first kappa shape index (κ1) is 23.0. The summed E-state index contributed by atoms with van der Waals surface area (Å²) in [4.78, 5) is 31.5. The summed E-state index contributed by atoms with van der Waals surface area (Å²) in [5, 5.41) is 7.93. The monoisotopic (exact) mass is 460 g/mol. The number of primary sulfonamides is 1. The molecule has 1 fully saturated rings. The lowest BCUT2D eigenvalue weighted by molar-refractivity contribution is -0.129. The van der Waals surface area contributed by atoms with Gasteiger partial charge in [-0.05, 0) is 43.2 Å². The number of hydrogen-bond donors (Lipinski definition) is 2. The number of anilines is 1. The molecule has 1 heterocycles. The van der Waals surface area contributed by atoms with E-state index in [1.807, 2.05) is 25.1 Å². The molecule has 1 aliphatic heterocycles. The molecule has 0 unspecified atom stereocenters. The summed E-state index contributed by atoms with van der Waals surface area (Å²) < 4.78 is 22.8. The second-order valence-electron chi connectivity index (χ2n) is 6.91. The van der Waals surface area contributed by atoms with Crippen molar-refractivity contribution in [2.45, 2.75) is 29.9 Å². The maximum atomic E-state index is 12.8. The van der Waals surface area contributed by atoms with Crippen molar-refractivity contribution in [2.75, 3.05) is 18.4 Å². The summed E-state index contributed by atoms with van der Waals surface area (Å²) in [5.74, 6) is -0.396. The highest BCUT2D eigenvalue weighted by Gasteiger charge is 2.35. The van der Waals surface area contributed by atoms with Gasteiger partial charge in [-0.1, -0.05) is 42.1 Å². The van der Waals surface area contributed by atoms with Crippen LogP contribution in [0, 0.1) is 0 Å². The van der Waals surface area contributed by atoms with E-state index in [4.69, 9.17) is 5.14 Å². The lowest BCUT2D eigenvalue weighted by atomic mass is 10.1. The van der Waals surface area contributed by atoms with Crippen molar-refractivity contribution in [1.29, 1.82) is 0 Å². The van der Waals surface area contributed by atoms with E-state index in [2.05, 4.69) is 10.3 Å². The number of aliphatic imine (C=N–C) groups is 1. The quantitative estimate of drug-likeness (QED) is 0.656. The van der Waals surface area contributed by atoms with E-state index in [9.17, 15) is 18.0 Å². The van der Waals surface area contributed by atoms with Crippen LogP contribution in [0.25, 0.3) is 0 Å². The van der Waals surface area contributed by atoms with Crippen LogP contribution in [0.1, 0.15) is 18.9 Å². The highest BCUT2D eigenvalue weighted by Crippen LogP contribution is 2.28. The first-order chi connectivity index (χ1) is 14.8. The highest BCUT2D eigenvalue weighted by atomic mass is 32.2. The van der Waals surface area contributed by atoms with Gasteiger partial charge in [0.05, 0.1) is 4.90 Å². The van der Waals surface area contributed by atoms with Gasteiger partial charge in [-0.15, -0.1) is 0 Å². The van der Waals surface area contributed by atoms with Crippen molar-refractivity contribution in [1.82, 2.24) is 4.90 Å². The molecular formula is C21H24N4O4S2. The van der Waals surface area contributed by atoms with Gasteiger partial charge in [0.2, 0.25) is 21.8 Å². The molecule has 0 saturated carbocycles. The van der Waals surface area contributed by atoms with Crippen LogP contribution in [0.15, 0.2) is 64.5 Å². The van der Waals surface area contributed by atoms with E-state index in [1.165, 1.54) is 23.9 Å². The number of sulfonamides is 1. The topological polar surface area (TPSA) is 122 Å². The number of carbonyl (C=O) groups excluding carboxylic acids is 2. The Morgan fingerprint density at radius 3 is 2.48 bits per heavy atom. The molecule has 164 valence electrons. The molecule has 3 rings (SSSR count). The van der Waals surface area contributed by atoms with E-state index >= 15 is 0 Å². The number of nitrogens with two attached hydrogens (primary N) is 1. The molecule has 1 aliphatic rings. The zero-order valence-electron chi connectivity index (χ0n) is 17.0. The fourth-order valence-corrected chi connectivity index (χ4v) is 4.75. The smallest absolute Gasteiger partial charge is 0.238 e. The Labute approximate surface area is 186 Å². The average Bonchev–Trinajstić information content (AvgIpc) is 2.73. The molecule has 31 heavy (non-hydrogen) atoms. The average molecular weight is 461 g/mol. The van der Waals surface area contributed by atoms with Gasteiger partial charge in [-0.25, -0.2) is 13.6 Å². The second kappa shape index (κ2) is 10.1. The molecule has 1 saturated heterocycles. The molecule has 2 amide bonds. The summed E-state index contributed by atoms with van der Waals surface area (Å²) in [6.07, 6.45) is 0.594. The molecule has 0 radical (unpaired) electrons. The molecule has 0 bridgehead atoms. The Kier molecular flexibility index (Phi) is 7.47. The van der Waals surface area contributed by atoms with Crippen molar-refractivity contribution < 1.29 is 18.0 Å². The molecule has 8 nitrogen and oxygen atoms in total. The van der Waals surface area contributed by atoms with Crippen LogP contribution in [-0.2, 0) is 26.0 Å². The number of amidine groups is 1. The number of thioether (sulfide) groups is 1. The van der Waals surface area contributed by atoms with Crippen molar-refractivity contribution in [2.24, 2.45) is 10.1 Å². The largest absolute Gasteiger partial charge is 0.325 e. The van der Waals surface area contributed by atoms with Gasteiger partial charge in [0.15, 0.2) is 5.17 Å². The summed E-state index contributed by atoms with van der Waals surface area (Å²) in [7, 11) is -3.74. The van der Waals surface area contributed by atoms with Crippen LogP contribution < -0.4 is 10.5 Å². The molecule has 3 N–H and O–H groups in total. The number of nitrogens with zero attached hydrogens (tertiary/aromatic N) is 2. The first-order valence-corrected chi connectivity index (χ1v) is 12.2. The zero-order valence-corrected chi connectivity index (χ0v) is 18.7. The predicted molar refractivity (Wildman–Crippen MR) is 122 cm³/mol. The van der Waals surface area contributed by atoms with E-state index in [0.29, 0.717) is 30.4 Å². The fraction of sp³-hybridized carbons (Fsp3) is 0.286. The van der Waals surface area contributed by atoms with Gasteiger partial charge in [-0.2, -0.15) is 0 Å². The fourth-order valence-electron chi connectivity index (χ4n) is 3.06. The van der Waals surface area contributed by atoms with Gasteiger partial charge in [0.25, 0.3) is 0 Å². The maximum Gasteiger partial charge on any atom is 0.238 e. The van der Waals surface area contributed by atoms with E-state index in [0.717, 1.165) is 5.56 Å². The third-order valence-corrected chi connectivity index (χ3v) is 6.80. The Hall–Kier alpha value is -2.69. The van der Waals surface area contributed by atoms with Crippen LogP contribution >= 0.6 is 11.8 Å². The normalized spacial score (nSPS) is 18.3. The molecule has 2 aromatic carbocycles. The van der Waals surface area contributed by atoms with Crippen LogP contribution in [0.2, 0.25) is 0 Å². The predicted octanol–water partition coefficient (Wildman–Crippen LogP) is 2.23. The lowest BCUT2D eigenvalue weighted by Crippen LogP contribution is -2.46. The number of carbonyl (C=O) groups is 2. The minimum atomic E-state index is -3.74. The SMILES string of the molecule is CCN=C1S[C@H](C(=O)Nc2ccccc2)CC(=O)N1CCc1ccc(S(N)(=O)=O)cc1. The summed E-state index contributed by atoms with van der Waals surface area (Å²) in [6.45, 7) is 2.74. The van der Waals surface area contributed by atoms with Crippen LogP contribution in [0.5, 0.6) is 0 Å². The number of hydrogen-bond acceptors (Lipinski definition) is 6. The van der Waals surface area contributed by atoms with Gasteiger partial charge in [-0.3, -0.25) is 19.5 Å². The lowest BCUT2D eigenvalue weighted by Gasteiger charge is -2.31. The number of benzene rings is 2. The molecule has 0 spiro atoms. The third kappa shape index (κ3) is 6.16. The molecule has 0 aromatic heterocycles. The maximum absolute atomic E-state index is 12.8. The Balaban J connectivity index is 1.66. The summed E-state index contributed by atoms with van der Waals surface area (Å²) in [6, 6.07) is 15.4. The summed E-state index contributed by atoms with van der Waals surface area (Å²) >= 11 is 1.28. The highest BCUT2D eigenvalue weighted by molar-refractivity contribution is 8.15. The molecule has 10 heteroatoms. The number of nitrogens with one attached hydrogen (secondary N) is 1. The van der Waals surface area contributed by atoms with Crippen molar-refractivity contribution in [3.8, 4) is 0 Å². The Morgan fingerprint density at radius 2 is 1.87 bits per heavy atom. The number of amides is 2. The van der Waals surface area contributed by atoms with Crippen LogP contribution in [-0.4, -0.2) is 48.6 Å².